The van der Waals surface area contributed by atoms with Crippen molar-refractivity contribution < 1.29 is 8.83 Å². The third-order valence-corrected chi connectivity index (χ3v) is 15.8. The van der Waals surface area contributed by atoms with E-state index in [-0.39, 0.29) is 29.0 Å². The molecule has 0 saturated carbocycles. The summed E-state index contributed by atoms with van der Waals surface area (Å²) >= 11 is 0. The van der Waals surface area contributed by atoms with Crippen LogP contribution in [0.1, 0.15) is 157 Å². The van der Waals surface area contributed by atoms with Gasteiger partial charge < -0.3 is 19.1 Å². The molecule has 3 heterocycles. The molecule has 0 spiro atoms. The van der Waals surface area contributed by atoms with E-state index >= 15 is 0 Å². The van der Waals surface area contributed by atoms with Crippen LogP contribution in [-0.4, -0.2) is 24.2 Å². The molecule has 4 nitrogen and oxygen atoms in total. The van der Waals surface area contributed by atoms with Gasteiger partial charge in [0, 0.05) is 46.7 Å². The average molecular weight is 865 g/mol. The zero-order chi connectivity index (χ0) is 46.0. The van der Waals surface area contributed by atoms with Gasteiger partial charge in [-0.25, -0.2) is 0 Å². The molecule has 1 N–H and O–H groups in total. The fourth-order valence-electron chi connectivity index (χ4n) is 11.4. The zero-order valence-electron chi connectivity index (χ0n) is 41.6. The third-order valence-electron chi connectivity index (χ3n) is 15.8. The monoisotopic (exact) mass is 865 g/mol. The summed E-state index contributed by atoms with van der Waals surface area (Å²) in [6, 6.07) is 20.7. The smallest absolute Gasteiger partial charge is 0.288 e. The van der Waals surface area contributed by atoms with E-state index in [1.54, 1.807) is 5.57 Å². The fourth-order valence-corrected chi connectivity index (χ4v) is 11.4. The highest BCUT2D eigenvalue weighted by atomic mass is 16.3. The predicted molar refractivity (Wildman–Crippen MR) is 279 cm³/mol. The highest BCUT2D eigenvalue weighted by Crippen LogP contribution is 2.49. The quantitative estimate of drug-likeness (QED) is 0.127. The summed E-state index contributed by atoms with van der Waals surface area (Å²) in [6.07, 6.45) is 24.1. The molecule has 338 valence electrons. The Kier molecular flexibility index (Phi) is 12.0. The van der Waals surface area contributed by atoms with Crippen molar-refractivity contribution in [1.82, 2.24) is 10.2 Å². The largest absolute Gasteiger partial charge is 0.470 e. The van der Waals surface area contributed by atoms with E-state index in [0.29, 0.717) is 6.54 Å². The Morgan fingerprint density at radius 1 is 0.908 bits per heavy atom. The van der Waals surface area contributed by atoms with Crippen molar-refractivity contribution >= 4 is 50.8 Å². The Morgan fingerprint density at radius 3 is 2.32 bits per heavy atom. The molecule has 1 atom stereocenters. The van der Waals surface area contributed by atoms with Gasteiger partial charge in [-0.15, -0.1) is 0 Å². The summed E-state index contributed by atoms with van der Waals surface area (Å²) in [7, 11) is 0. The Labute approximate surface area is 390 Å². The van der Waals surface area contributed by atoms with Crippen LogP contribution >= 0.6 is 0 Å². The van der Waals surface area contributed by atoms with Crippen LogP contribution in [0.25, 0.3) is 38.4 Å². The number of rotatable bonds is 12. The lowest BCUT2D eigenvalue weighted by Gasteiger charge is -2.41. The second kappa shape index (κ2) is 17.3. The molecule has 0 saturated heterocycles. The number of hydrogen-bond donors (Lipinski definition) is 1. The predicted octanol–water partition coefficient (Wildman–Crippen LogP) is 15.7. The van der Waals surface area contributed by atoms with Crippen molar-refractivity contribution in [2.75, 3.05) is 6.54 Å². The number of aryl methyl sites for hydroxylation is 1. The molecule has 1 unspecified atom stereocenters. The van der Waals surface area contributed by atoms with Crippen molar-refractivity contribution in [2.45, 2.75) is 158 Å². The number of furan rings is 2. The van der Waals surface area contributed by atoms with Crippen LogP contribution in [0, 0.1) is 5.41 Å². The molecule has 0 fully saturated rings. The molecule has 5 aromatic rings. The van der Waals surface area contributed by atoms with Gasteiger partial charge >= 0.3 is 0 Å². The Morgan fingerprint density at radius 2 is 1.63 bits per heavy atom. The molecule has 65 heavy (non-hydrogen) atoms. The molecule has 0 radical (unpaired) electrons. The summed E-state index contributed by atoms with van der Waals surface area (Å²) in [5.74, 6) is 1.08. The lowest BCUT2D eigenvalue weighted by atomic mass is 9.35. The number of fused-ring (bicyclic) bond motifs is 6. The highest BCUT2D eigenvalue weighted by molar-refractivity contribution is 6.86. The number of benzene rings is 3. The molecule has 2 aromatic heterocycles. The summed E-state index contributed by atoms with van der Waals surface area (Å²) in [5, 5.41) is 9.02. The first-order chi connectivity index (χ1) is 31.0. The van der Waals surface area contributed by atoms with E-state index in [0.717, 1.165) is 67.5 Å². The number of hydrogen-bond acceptors (Lipinski definition) is 4. The number of unbranched alkanes of at least 4 members (excludes halogenated alkanes) is 1. The van der Waals surface area contributed by atoms with Gasteiger partial charge in [0.15, 0.2) is 0 Å². The van der Waals surface area contributed by atoms with E-state index < -0.39 is 0 Å². The van der Waals surface area contributed by atoms with Crippen LogP contribution < -0.4 is 11.0 Å². The molecule has 3 aromatic carbocycles. The molecule has 3 aliphatic carbocycles. The van der Waals surface area contributed by atoms with Gasteiger partial charge in [0.05, 0.1) is 11.4 Å². The lowest BCUT2D eigenvalue weighted by Crippen LogP contribution is -2.46. The summed E-state index contributed by atoms with van der Waals surface area (Å²) in [4.78, 5) is 2.60. The minimum atomic E-state index is -0.0996. The zero-order valence-corrected chi connectivity index (χ0v) is 41.6. The number of allylic oxidation sites excluding steroid dienone is 9. The molecule has 4 aliphatic rings. The van der Waals surface area contributed by atoms with Gasteiger partial charge in [0.1, 0.15) is 16.9 Å². The number of nitrogens with zero attached hydrogens (tertiary/aromatic N) is 1. The van der Waals surface area contributed by atoms with Gasteiger partial charge in [-0.1, -0.05) is 135 Å². The minimum absolute atomic E-state index is 0.0917. The highest BCUT2D eigenvalue weighted by Gasteiger charge is 2.42. The topological polar surface area (TPSA) is 41.6 Å². The van der Waals surface area contributed by atoms with E-state index in [4.69, 9.17) is 8.83 Å². The van der Waals surface area contributed by atoms with Crippen LogP contribution in [0.5, 0.6) is 0 Å². The second-order valence-corrected chi connectivity index (χ2v) is 21.9. The Bertz CT molecular complexity index is 2850. The Hall–Kier alpha value is -5.00. The molecule has 9 rings (SSSR count). The van der Waals surface area contributed by atoms with Crippen molar-refractivity contribution in [1.29, 1.82) is 0 Å². The number of nitrogens with one attached hydrogen (secondary N) is 1. The normalized spacial score (nSPS) is 19.9. The Balaban J connectivity index is 1.26. The second-order valence-electron chi connectivity index (χ2n) is 21.9. The maximum atomic E-state index is 7.30. The van der Waals surface area contributed by atoms with Crippen molar-refractivity contribution in [3.05, 3.63) is 153 Å². The van der Waals surface area contributed by atoms with E-state index in [9.17, 15) is 0 Å². The van der Waals surface area contributed by atoms with Crippen LogP contribution in [0.4, 0.5) is 0 Å². The average Bonchev–Trinajstić information content (AvgIpc) is 3.87. The maximum absolute atomic E-state index is 7.30. The van der Waals surface area contributed by atoms with Crippen molar-refractivity contribution in [3.8, 4) is 0 Å². The van der Waals surface area contributed by atoms with E-state index in [1.165, 1.54) is 90.3 Å². The van der Waals surface area contributed by atoms with Crippen LogP contribution in [0.2, 0.25) is 0 Å². The van der Waals surface area contributed by atoms with Crippen LogP contribution in [0.15, 0.2) is 139 Å². The van der Waals surface area contributed by atoms with Gasteiger partial charge in [0.25, 0.3) is 6.71 Å². The summed E-state index contributed by atoms with van der Waals surface area (Å²) in [5.41, 5.74) is 18.1. The fraction of sp³-hybridized carbons (Fsp3) is 0.433. The minimum Gasteiger partial charge on any atom is -0.470 e. The first kappa shape index (κ1) is 45.2. The third kappa shape index (κ3) is 8.19. The van der Waals surface area contributed by atoms with Gasteiger partial charge in [-0.2, -0.15) is 0 Å². The molecular weight excluding hydrogens is 791 g/mol. The van der Waals surface area contributed by atoms with E-state index in [1.807, 2.05) is 0 Å². The van der Waals surface area contributed by atoms with Crippen LogP contribution in [-0.2, 0) is 17.3 Å². The molecule has 1 aliphatic heterocycles. The lowest BCUT2D eigenvalue weighted by molar-refractivity contribution is 0.332. The first-order valence-electron chi connectivity index (χ1n) is 25.0. The van der Waals surface area contributed by atoms with Crippen molar-refractivity contribution in [3.63, 3.8) is 0 Å². The van der Waals surface area contributed by atoms with Gasteiger partial charge in [0.2, 0.25) is 0 Å². The van der Waals surface area contributed by atoms with Gasteiger partial charge in [-0.3, -0.25) is 0 Å². The molecule has 0 amide bonds. The molecule has 5 heteroatoms. The first-order valence-corrected chi connectivity index (χ1v) is 25.0. The van der Waals surface area contributed by atoms with Gasteiger partial charge in [-0.05, 0) is 157 Å². The maximum Gasteiger partial charge on any atom is 0.288 e. The molecular formula is C60H73BN2O2. The SMILES string of the molecule is CCC/C=C\C1=C(C)N(C2=CCCc3oc4cc5ccccc5cc4c32)C(C=C(C)C)=C(CNC2C=CC(CC)=C(C(C)(C)CC)C2)B1c1cc2cc3c(cc2o1)C(C)(C)CCC3(C)C. The van der Waals surface area contributed by atoms with E-state index in [2.05, 4.69) is 184 Å². The summed E-state index contributed by atoms with van der Waals surface area (Å²) < 4.78 is 14.1. The summed E-state index contributed by atoms with van der Waals surface area (Å²) in [6.45, 7) is 28.9. The van der Waals surface area contributed by atoms with Crippen LogP contribution in [0.3, 0.4) is 0 Å². The molecule has 0 bridgehead atoms. The van der Waals surface area contributed by atoms with Crippen molar-refractivity contribution in [2.24, 2.45) is 5.41 Å². The standard InChI is InChI=1S/C60H73BN2O2/c1-13-16-17-23-49-39(6)63(51-24-20-25-53-57(51)45-31-41-21-18-19-22-42(41)33-55(45)64-53)52(30-38(4)5)50(37-62-44-27-26-40(14-2)46(35-44)58(7,8)15-3)61(49)56-34-43-32-47-48(36-54(43)65-56)60(11,12)29-28-59(47,9)10/h17-19,21-24,26-27,30-34,36,44,62H,13-16,20,25,28-29,35,37H2,1-12H3/b23-17-.